The van der Waals surface area contributed by atoms with Crippen LogP contribution in [0.4, 0.5) is 5.69 Å². The molecule has 2 rings (SSSR count). The van der Waals surface area contributed by atoms with Crippen molar-refractivity contribution >= 4 is 28.5 Å². The maximum absolute atomic E-state index is 12.1. The fourth-order valence-corrected chi connectivity index (χ4v) is 2.52. The summed E-state index contributed by atoms with van der Waals surface area (Å²) in [5, 5.41) is 13.2. The van der Waals surface area contributed by atoms with Crippen molar-refractivity contribution in [3.63, 3.8) is 0 Å². The van der Waals surface area contributed by atoms with Crippen molar-refractivity contribution < 1.29 is 14.7 Å². The summed E-state index contributed by atoms with van der Waals surface area (Å²) in [7, 11) is 0. The smallest absolute Gasteiger partial charge is 0.310 e. The second-order valence-electron chi connectivity index (χ2n) is 5.30. The number of aromatic nitrogens is 1. The van der Waals surface area contributed by atoms with Crippen LogP contribution in [0.25, 0.3) is 10.9 Å². The van der Waals surface area contributed by atoms with Crippen LogP contribution in [0, 0.1) is 5.41 Å². The molecule has 1 aromatic heterocycles. The summed E-state index contributed by atoms with van der Waals surface area (Å²) in [6.07, 6.45) is 2.69. The van der Waals surface area contributed by atoms with E-state index in [1.54, 1.807) is 19.9 Å². The van der Waals surface area contributed by atoms with Gasteiger partial charge in [0, 0.05) is 29.2 Å². The first-order valence-corrected chi connectivity index (χ1v) is 7.11. The van der Waals surface area contributed by atoms with Crippen molar-refractivity contribution in [3.8, 4) is 0 Å². The summed E-state index contributed by atoms with van der Waals surface area (Å²) in [5.41, 5.74) is 0.691. The number of carbonyl (C=O) groups is 2. The minimum absolute atomic E-state index is 0.0134. The number of nitrogens with one attached hydrogen (secondary N) is 2. The molecule has 21 heavy (non-hydrogen) atoms. The standard InChI is InChI=1S/C16H20N2O3/c1-3-16(4-2,15(20)21)10-14(19)18-12-5-6-13-11(9-12)7-8-17-13/h5-9,17H,3-4,10H2,1-2H3,(H,18,19)(H,20,21). The second kappa shape index (κ2) is 5.99. The van der Waals surface area contributed by atoms with Crippen LogP contribution in [0.15, 0.2) is 30.5 Å². The number of benzene rings is 1. The van der Waals surface area contributed by atoms with E-state index in [-0.39, 0.29) is 12.3 Å². The fourth-order valence-electron chi connectivity index (χ4n) is 2.52. The number of carbonyl (C=O) groups excluding carboxylic acids is 1. The molecule has 3 N–H and O–H groups in total. The number of aromatic amines is 1. The van der Waals surface area contributed by atoms with Crippen LogP contribution in [0.3, 0.4) is 0 Å². The molecular formula is C16H20N2O3. The highest BCUT2D eigenvalue weighted by Gasteiger charge is 2.37. The monoisotopic (exact) mass is 288 g/mol. The molecule has 1 heterocycles. The highest BCUT2D eigenvalue weighted by molar-refractivity contribution is 5.96. The number of carboxylic acids is 1. The average molecular weight is 288 g/mol. The Morgan fingerprint density at radius 1 is 1.24 bits per heavy atom. The van der Waals surface area contributed by atoms with Gasteiger partial charge >= 0.3 is 5.97 Å². The van der Waals surface area contributed by atoms with Gasteiger partial charge < -0.3 is 15.4 Å². The number of fused-ring (bicyclic) bond motifs is 1. The van der Waals surface area contributed by atoms with Crippen LogP contribution in [0.1, 0.15) is 33.1 Å². The highest BCUT2D eigenvalue weighted by atomic mass is 16.4. The van der Waals surface area contributed by atoms with Gasteiger partial charge in [0.1, 0.15) is 0 Å². The lowest BCUT2D eigenvalue weighted by Crippen LogP contribution is -2.34. The second-order valence-corrected chi connectivity index (χ2v) is 5.30. The van der Waals surface area contributed by atoms with Gasteiger partial charge in [-0.1, -0.05) is 13.8 Å². The van der Waals surface area contributed by atoms with Crippen LogP contribution in [0.5, 0.6) is 0 Å². The van der Waals surface area contributed by atoms with E-state index in [4.69, 9.17) is 0 Å². The maximum atomic E-state index is 12.1. The first kappa shape index (κ1) is 15.1. The lowest BCUT2D eigenvalue weighted by atomic mass is 9.79. The fraction of sp³-hybridized carbons (Fsp3) is 0.375. The topological polar surface area (TPSA) is 82.2 Å². The van der Waals surface area contributed by atoms with Crippen LogP contribution in [-0.2, 0) is 9.59 Å². The third-order valence-electron chi connectivity index (χ3n) is 4.14. The molecule has 0 aliphatic carbocycles. The Morgan fingerprint density at radius 3 is 2.57 bits per heavy atom. The zero-order valence-electron chi connectivity index (χ0n) is 12.3. The van der Waals surface area contributed by atoms with E-state index >= 15 is 0 Å². The molecule has 0 aliphatic rings. The summed E-state index contributed by atoms with van der Waals surface area (Å²) in [5.74, 6) is -1.18. The van der Waals surface area contributed by atoms with Crippen molar-refractivity contribution in [3.05, 3.63) is 30.5 Å². The number of hydrogen-bond acceptors (Lipinski definition) is 2. The van der Waals surface area contributed by atoms with Gasteiger partial charge in [-0.15, -0.1) is 0 Å². The van der Waals surface area contributed by atoms with Gasteiger partial charge in [-0.3, -0.25) is 9.59 Å². The van der Waals surface area contributed by atoms with E-state index in [9.17, 15) is 14.7 Å². The van der Waals surface area contributed by atoms with E-state index in [1.807, 2.05) is 24.4 Å². The molecule has 1 amide bonds. The lowest BCUT2D eigenvalue weighted by molar-refractivity contribution is -0.151. The zero-order chi connectivity index (χ0) is 15.5. The van der Waals surface area contributed by atoms with Crippen molar-refractivity contribution in [2.75, 3.05) is 5.32 Å². The van der Waals surface area contributed by atoms with Crippen LogP contribution >= 0.6 is 0 Å². The summed E-state index contributed by atoms with van der Waals surface area (Å²) < 4.78 is 0. The van der Waals surface area contributed by atoms with E-state index in [1.165, 1.54) is 0 Å². The van der Waals surface area contributed by atoms with E-state index in [0.717, 1.165) is 10.9 Å². The third kappa shape index (κ3) is 3.07. The molecular weight excluding hydrogens is 268 g/mol. The summed E-state index contributed by atoms with van der Waals surface area (Å²) in [4.78, 5) is 26.7. The zero-order valence-corrected chi connectivity index (χ0v) is 12.3. The molecule has 0 bridgehead atoms. The number of hydrogen-bond donors (Lipinski definition) is 3. The van der Waals surface area contributed by atoms with Gasteiger partial charge in [0.25, 0.3) is 0 Å². The normalized spacial score (nSPS) is 11.5. The Morgan fingerprint density at radius 2 is 1.95 bits per heavy atom. The van der Waals surface area contributed by atoms with E-state index in [0.29, 0.717) is 18.5 Å². The Balaban J connectivity index is 2.11. The number of aliphatic carboxylic acids is 1. The largest absolute Gasteiger partial charge is 0.481 e. The molecule has 0 saturated carbocycles. The third-order valence-corrected chi connectivity index (χ3v) is 4.14. The predicted octanol–water partition coefficient (Wildman–Crippen LogP) is 3.39. The minimum atomic E-state index is -0.984. The van der Waals surface area contributed by atoms with E-state index < -0.39 is 11.4 Å². The molecule has 112 valence electrons. The predicted molar refractivity (Wildman–Crippen MR) is 82.2 cm³/mol. The molecule has 2 aromatic rings. The molecule has 5 nitrogen and oxygen atoms in total. The molecule has 0 saturated heterocycles. The van der Waals surface area contributed by atoms with Crippen LogP contribution in [-0.4, -0.2) is 22.0 Å². The molecule has 0 radical (unpaired) electrons. The number of carboxylic acid groups (broad SMARTS) is 1. The van der Waals surface area contributed by atoms with Gasteiger partial charge in [0.15, 0.2) is 0 Å². The van der Waals surface area contributed by atoms with Gasteiger partial charge in [0.2, 0.25) is 5.91 Å². The first-order chi connectivity index (χ1) is 10.0. The quantitative estimate of drug-likeness (QED) is 0.762. The maximum Gasteiger partial charge on any atom is 0.310 e. The van der Waals surface area contributed by atoms with Crippen molar-refractivity contribution in [1.29, 1.82) is 0 Å². The van der Waals surface area contributed by atoms with Crippen LogP contribution < -0.4 is 5.32 Å². The van der Waals surface area contributed by atoms with Gasteiger partial charge in [0.05, 0.1) is 5.41 Å². The molecule has 0 spiro atoms. The van der Waals surface area contributed by atoms with Crippen molar-refractivity contribution in [1.82, 2.24) is 4.98 Å². The van der Waals surface area contributed by atoms with Gasteiger partial charge in [-0.2, -0.15) is 0 Å². The molecule has 1 aromatic carbocycles. The van der Waals surface area contributed by atoms with Gasteiger partial charge in [-0.25, -0.2) is 0 Å². The molecule has 0 atom stereocenters. The summed E-state index contributed by atoms with van der Waals surface area (Å²) in [6.45, 7) is 3.60. The number of amides is 1. The Bertz CT molecular complexity index is 656. The first-order valence-electron chi connectivity index (χ1n) is 7.11. The van der Waals surface area contributed by atoms with Crippen LogP contribution in [0.2, 0.25) is 0 Å². The van der Waals surface area contributed by atoms with Crippen molar-refractivity contribution in [2.45, 2.75) is 33.1 Å². The lowest BCUT2D eigenvalue weighted by Gasteiger charge is -2.25. The van der Waals surface area contributed by atoms with Gasteiger partial charge in [-0.05, 0) is 37.1 Å². The number of rotatable bonds is 6. The highest BCUT2D eigenvalue weighted by Crippen LogP contribution is 2.31. The van der Waals surface area contributed by atoms with E-state index in [2.05, 4.69) is 10.3 Å². The SMILES string of the molecule is CCC(CC)(CC(=O)Nc1ccc2[nH]ccc2c1)C(=O)O. The van der Waals surface area contributed by atoms with Crippen molar-refractivity contribution in [2.24, 2.45) is 5.41 Å². The molecule has 0 unspecified atom stereocenters. The minimum Gasteiger partial charge on any atom is -0.481 e. The summed E-state index contributed by atoms with van der Waals surface area (Å²) >= 11 is 0. The molecule has 0 aliphatic heterocycles. The number of H-pyrrole nitrogens is 1. The molecule has 0 fully saturated rings. The summed E-state index contributed by atoms with van der Waals surface area (Å²) in [6, 6.07) is 7.47. The Labute approximate surface area is 123 Å². The Hall–Kier alpha value is -2.30. The average Bonchev–Trinajstić information content (AvgIpc) is 2.92. The Kier molecular flexibility index (Phi) is 4.31. The number of anilines is 1. The molecule has 5 heteroatoms.